The first kappa shape index (κ1) is 12.8. The summed E-state index contributed by atoms with van der Waals surface area (Å²) in [5, 5.41) is 3.08. The molecule has 0 amide bonds. The second-order valence-electron chi connectivity index (χ2n) is 4.09. The van der Waals surface area contributed by atoms with Gasteiger partial charge in [-0.2, -0.15) is 0 Å². The first-order valence-corrected chi connectivity index (χ1v) is 5.87. The number of benzene rings is 1. The van der Waals surface area contributed by atoms with Crippen LogP contribution in [-0.2, 0) is 6.54 Å². The number of halogens is 2. The van der Waals surface area contributed by atoms with Crippen molar-refractivity contribution >= 4 is 0 Å². The summed E-state index contributed by atoms with van der Waals surface area (Å²) in [5.74, 6) is -0.563. The van der Waals surface area contributed by atoms with E-state index in [-0.39, 0.29) is 5.56 Å². The van der Waals surface area contributed by atoms with Gasteiger partial charge in [0.2, 0.25) is 0 Å². The molecule has 2 nitrogen and oxygen atoms in total. The van der Waals surface area contributed by atoms with Crippen molar-refractivity contribution in [2.24, 2.45) is 0 Å². The van der Waals surface area contributed by atoms with Crippen LogP contribution in [-0.4, -0.2) is 6.54 Å². The molecule has 0 radical (unpaired) electrons. The molecule has 18 heavy (non-hydrogen) atoms. The average molecular weight is 251 g/mol. The molecule has 0 aliphatic rings. The Balaban J connectivity index is 2.49. The van der Waals surface area contributed by atoms with Crippen molar-refractivity contribution in [3.63, 3.8) is 0 Å². The summed E-state index contributed by atoms with van der Waals surface area (Å²) in [7, 11) is 0. The first-order chi connectivity index (χ1) is 8.65. The van der Waals surface area contributed by atoms with Crippen molar-refractivity contribution in [2.75, 3.05) is 6.54 Å². The van der Waals surface area contributed by atoms with Crippen molar-refractivity contribution in [1.82, 2.24) is 5.32 Å². The predicted molar refractivity (Wildman–Crippen MR) is 66.2 cm³/mol. The molecule has 0 bridgehead atoms. The molecule has 0 unspecified atom stereocenters. The van der Waals surface area contributed by atoms with Crippen LogP contribution in [0.1, 0.15) is 18.2 Å². The van der Waals surface area contributed by atoms with Crippen LogP contribution in [0.4, 0.5) is 8.78 Å². The SMILES string of the molecule is CCNCc1occc1-c1c(F)ccc(C)c1F. The fraction of sp³-hybridized carbons (Fsp3) is 0.286. The maximum absolute atomic E-state index is 14.0. The van der Waals surface area contributed by atoms with Gasteiger partial charge in [-0.3, -0.25) is 0 Å². The lowest BCUT2D eigenvalue weighted by atomic mass is 10.0. The average Bonchev–Trinajstić information content (AvgIpc) is 2.80. The summed E-state index contributed by atoms with van der Waals surface area (Å²) >= 11 is 0. The molecule has 1 aromatic heterocycles. The minimum atomic E-state index is -0.572. The van der Waals surface area contributed by atoms with Crippen molar-refractivity contribution < 1.29 is 13.2 Å². The van der Waals surface area contributed by atoms with E-state index in [4.69, 9.17) is 4.42 Å². The largest absolute Gasteiger partial charge is 0.467 e. The number of aryl methyl sites for hydroxylation is 1. The van der Waals surface area contributed by atoms with Crippen LogP contribution in [0, 0.1) is 18.6 Å². The number of rotatable bonds is 4. The van der Waals surface area contributed by atoms with Crippen LogP contribution >= 0.6 is 0 Å². The zero-order valence-corrected chi connectivity index (χ0v) is 10.4. The Morgan fingerprint density at radius 3 is 2.72 bits per heavy atom. The van der Waals surface area contributed by atoms with Crippen LogP contribution in [0.25, 0.3) is 11.1 Å². The quantitative estimate of drug-likeness (QED) is 0.897. The minimum Gasteiger partial charge on any atom is -0.467 e. The molecular weight excluding hydrogens is 236 g/mol. The van der Waals surface area contributed by atoms with E-state index in [0.29, 0.717) is 23.4 Å². The van der Waals surface area contributed by atoms with Gasteiger partial charge in [-0.25, -0.2) is 8.78 Å². The van der Waals surface area contributed by atoms with E-state index in [1.807, 2.05) is 6.92 Å². The summed E-state index contributed by atoms with van der Waals surface area (Å²) in [4.78, 5) is 0. The Labute approximate surface area is 105 Å². The molecule has 0 fully saturated rings. The monoisotopic (exact) mass is 251 g/mol. The van der Waals surface area contributed by atoms with Crippen LogP contribution in [0.2, 0.25) is 0 Å². The highest BCUT2D eigenvalue weighted by atomic mass is 19.1. The Morgan fingerprint density at radius 1 is 1.22 bits per heavy atom. The Kier molecular flexibility index (Phi) is 3.77. The number of hydrogen-bond donors (Lipinski definition) is 1. The lowest BCUT2D eigenvalue weighted by molar-refractivity contribution is 0.487. The number of hydrogen-bond acceptors (Lipinski definition) is 2. The summed E-state index contributed by atoms with van der Waals surface area (Å²) in [6, 6.07) is 4.30. The maximum Gasteiger partial charge on any atom is 0.137 e. The number of furan rings is 1. The van der Waals surface area contributed by atoms with E-state index in [1.165, 1.54) is 18.4 Å². The van der Waals surface area contributed by atoms with E-state index in [0.717, 1.165) is 6.54 Å². The summed E-state index contributed by atoms with van der Waals surface area (Å²) in [5.41, 5.74) is 0.869. The number of nitrogens with one attached hydrogen (secondary N) is 1. The highest BCUT2D eigenvalue weighted by Crippen LogP contribution is 2.31. The predicted octanol–water partition coefficient (Wildman–Crippen LogP) is 3.64. The Morgan fingerprint density at radius 2 is 2.00 bits per heavy atom. The molecule has 0 saturated carbocycles. The third kappa shape index (κ3) is 2.29. The minimum absolute atomic E-state index is 0.0170. The van der Waals surface area contributed by atoms with Crippen LogP contribution in [0.3, 0.4) is 0 Å². The second kappa shape index (κ2) is 5.31. The third-order valence-corrected chi connectivity index (χ3v) is 2.83. The van der Waals surface area contributed by atoms with Gasteiger partial charge in [-0.1, -0.05) is 13.0 Å². The van der Waals surface area contributed by atoms with Gasteiger partial charge < -0.3 is 9.73 Å². The molecule has 0 aliphatic heterocycles. The van der Waals surface area contributed by atoms with Crippen LogP contribution < -0.4 is 5.32 Å². The topological polar surface area (TPSA) is 25.2 Å². The molecule has 1 N–H and O–H groups in total. The first-order valence-electron chi connectivity index (χ1n) is 5.87. The van der Waals surface area contributed by atoms with Crippen LogP contribution in [0.15, 0.2) is 28.9 Å². The lowest BCUT2D eigenvalue weighted by Gasteiger charge is -2.08. The van der Waals surface area contributed by atoms with Gasteiger partial charge in [0, 0.05) is 5.56 Å². The van der Waals surface area contributed by atoms with Crippen molar-refractivity contribution in [3.05, 3.63) is 47.4 Å². The van der Waals surface area contributed by atoms with E-state index >= 15 is 0 Å². The van der Waals surface area contributed by atoms with Gasteiger partial charge in [-0.05, 0) is 31.2 Å². The molecule has 2 aromatic rings. The molecular formula is C14H15F2NO. The van der Waals surface area contributed by atoms with Crippen LogP contribution in [0.5, 0.6) is 0 Å². The molecule has 0 atom stereocenters. The standard InChI is InChI=1S/C14H15F2NO/c1-3-17-8-12-10(6-7-18-12)13-11(15)5-4-9(2)14(13)16/h4-7,17H,3,8H2,1-2H3. The van der Waals surface area contributed by atoms with Gasteiger partial charge in [0.05, 0.1) is 18.4 Å². The molecule has 96 valence electrons. The lowest BCUT2D eigenvalue weighted by Crippen LogP contribution is -2.12. The second-order valence-corrected chi connectivity index (χ2v) is 4.09. The van der Waals surface area contributed by atoms with Gasteiger partial charge in [0.15, 0.2) is 0 Å². The molecule has 4 heteroatoms. The van der Waals surface area contributed by atoms with Gasteiger partial charge >= 0.3 is 0 Å². The Hall–Kier alpha value is -1.68. The molecule has 0 saturated heterocycles. The molecule has 1 aromatic carbocycles. The zero-order chi connectivity index (χ0) is 13.1. The van der Waals surface area contributed by atoms with E-state index < -0.39 is 11.6 Å². The highest BCUT2D eigenvalue weighted by Gasteiger charge is 2.18. The Bertz CT molecular complexity index is 549. The summed E-state index contributed by atoms with van der Waals surface area (Å²) < 4.78 is 33.1. The van der Waals surface area contributed by atoms with Crippen molar-refractivity contribution in [3.8, 4) is 11.1 Å². The molecule has 1 heterocycles. The van der Waals surface area contributed by atoms with E-state index in [9.17, 15) is 8.78 Å². The maximum atomic E-state index is 14.0. The fourth-order valence-electron chi connectivity index (χ4n) is 1.84. The van der Waals surface area contributed by atoms with Crippen molar-refractivity contribution in [1.29, 1.82) is 0 Å². The normalized spacial score (nSPS) is 10.9. The van der Waals surface area contributed by atoms with E-state index in [2.05, 4.69) is 5.32 Å². The van der Waals surface area contributed by atoms with Gasteiger partial charge in [0.1, 0.15) is 17.4 Å². The smallest absolute Gasteiger partial charge is 0.137 e. The fourth-order valence-corrected chi connectivity index (χ4v) is 1.84. The molecule has 2 rings (SSSR count). The highest BCUT2D eigenvalue weighted by molar-refractivity contribution is 5.67. The van der Waals surface area contributed by atoms with Gasteiger partial charge in [-0.15, -0.1) is 0 Å². The molecule has 0 spiro atoms. The van der Waals surface area contributed by atoms with Gasteiger partial charge in [0.25, 0.3) is 0 Å². The zero-order valence-electron chi connectivity index (χ0n) is 10.4. The van der Waals surface area contributed by atoms with E-state index in [1.54, 1.807) is 13.0 Å². The molecule has 0 aliphatic carbocycles. The summed E-state index contributed by atoms with van der Waals surface area (Å²) in [6.45, 7) is 4.78. The summed E-state index contributed by atoms with van der Waals surface area (Å²) in [6.07, 6.45) is 1.45. The third-order valence-electron chi connectivity index (χ3n) is 2.83. The van der Waals surface area contributed by atoms with Crippen molar-refractivity contribution in [2.45, 2.75) is 20.4 Å².